The van der Waals surface area contributed by atoms with Gasteiger partial charge in [0.25, 0.3) is 0 Å². The summed E-state index contributed by atoms with van der Waals surface area (Å²) in [5.41, 5.74) is 22.7. The van der Waals surface area contributed by atoms with Crippen LogP contribution in [-0.2, 0) is 51.1 Å². The van der Waals surface area contributed by atoms with Gasteiger partial charge in [-0.2, -0.15) is 0 Å². The molecule has 0 aromatic heterocycles. The molecule has 0 saturated carbocycles. The molecule has 4 aliphatic heterocycles. The van der Waals surface area contributed by atoms with Crippen molar-refractivity contribution < 1.29 is 18.9 Å². The van der Waals surface area contributed by atoms with Gasteiger partial charge in [-0.05, 0) is 39.4 Å². The van der Waals surface area contributed by atoms with Crippen molar-refractivity contribution in [2.75, 3.05) is 37.9 Å². The van der Waals surface area contributed by atoms with Crippen LogP contribution in [0.5, 0.6) is 0 Å². The van der Waals surface area contributed by atoms with E-state index in [1.807, 2.05) is 18.2 Å². The Balaban J connectivity index is 1.50. The second kappa shape index (κ2) is 7.78. The van der Waals surface area contributed by atoms with Crippen molar-refractivity contribution in [3.63, 3.8) is 0 Å². The van der Waals surface area contributed by atoms with E-state index < -0.39 is 0 Å². The van der Waals surface area contributed by atoms with E-state index in [9.17, 15) is 0 Å². The Kier molecular flexibility index (Phi) is 4.91. The molecule has 4 unspecified atom stereocenters. The molecule has 6 heteroatoms. The number of para-hydroxylation sites is 1. The van der Waals surface area contributed by atoms with Gasteiger partial charge in [0.2, 0.25) is 0 Å². The van der Waals surface area contributed by atoms with Crippen LogP contribution in [0.3, 0.4) is 0 Å². The number of nitrogen functional groups attached to an aromatic ring is 2. The van der Waals surface area contributed by atoms with Crippen LogP contribution in [-0.4, -0.2) is 50.8 Å². The van der Waals surface area contributed by atoms with Gasteiger partial charge in [0, 0.05) is 43.5 Å². The molecular formula is C25H30N2O4. The number of ether oxygens (including phenoxy) is 4. The summed E-state index contributed by atoms with van der Waals surface area (Å²) in [7, 11) is 0. The summed E-state index contributed by atoms with van der Waals surface area (Å²) in [5, 5.41) is 0. The molecule has 6 nitrogen and oxygen atoms in total. The minimum absolute atomic E-state index is 0.276. The van der Waals surface area contributed by atoms with Gasteiger partial charge in [0.1, 0.15) is 0 Å². The standard InChI is InChI=1S/C25H30N2O4/c26-24-4-2-1-3-14(24)5-22-20(7-16-11-29-16)19(6-15-10-28-15)21(8-17-12-30-17)23(25(22)27)9-18-13-31-18/h1-4,15-18H,5-13,26-27H2. The molecule has 0 bridgehead atoms. The number of nitrogens with two attached hydrogens (primary N) is 2. The highest BCUT2D eigenvalue weighted by atomic mass is 16.6. The first kappa shape index (κ1) is 19.6. The third-order valence-electron chi connectivity index (χ3n) is 6.87. The van der Waals surface area contributed by atoms with E-state index in [-0.39, 0.29) is 12.2 Å². The van der Waals surface area contributed by atoms with Gasteiger partial charge in [-0.25, -0.2) is 0 Å². The lowest BCUT2D eigenvalue weighted by molar-refractivity contribution is 0.395. The van der Waals surface area contributed by atoms with Crippen LogP contribution in [0, 0.1) is 0 Å². The van der Waals surface area contributed by atoms with Crippen molar-refractivity contribution in [2.24, 2.45) is 0 Å². The number of hydrogen-bond donors (Lipinski definition) is 2. The van der Waals surface area contributed by atoms with Crippen LogP contribution >= 0.6 is 0 Å². The van der Waals surface area contributed by atoms with Crippen molar-refractivity contribution in [1.82, 2.24) is 0 Å². The molecule has 0 amide bonds. The highest BCUT2D eigenvalue weighted by Crippen LogP contribution is 2.40. The van der Waals surface area contributed by atoms with Crippen LogP contribution in [0.4, 0.5) is 11.4 Å². The second-order valence-electron chi connectivity index (χ2n) is 9.32. The number of benzene rings is 2. The van der Waals surface area contributed by atoms with Gasteiger partial charge in [-0.15, -0.1) is 0 Å². The average Bonchev–Trinajstić information content (AvgIpc) is 3.60. The Hall–Kier alpha value is -2.12. The minimum atomic E-state index is 0.276. The first-order chi connectivity index (χ1) is 15.2. The summed E-state index contributed by atoms with van der Waals surface area (Å²) in [5.74, 6) is 0. The van der Waals surface area contributed by atoms with Gasteiger partial charge in [0.05, 0.1) is 50.8 Å². The van der Waals surface area contributed by atoms with Crippen molar-refractivity contribution in [1.29, 1.82) is 0 Å². The minimum Gasteiger partial charge on any atom is -0.398 e. The maximum atomic E-state index is 6.96. The predicted octanol–water partition coefficient (Wildman–Crippen LogP) is 2.21. The highest BCUT2D eigenvalue weighted by Gasteiger charge is 2.36. The molecule has 164 valence electrons. The summed E-state index contributed by atoms with van der Waals surface area (Å²) in [6.45, 7) is 3.32. The van der Waals surface area contributed by atoms with Gasteiger partial charge < -0.3 is 30.4 Å². The Labute approximate surface area is 182 Å². The zero-order chi connectivity index (χ0) is 20.9. The molecule has 2 aromatic rings. The number of hydrogen-bond acceptors (Lipinski definition) is 6. The monoisotopic (exact) mass is 422 g/mol. The molecule has 4 N–H and O–H groups in total. The molecule has 0 aliphatic carbocycles. The van der Waals surface area contributed by atoms with Crippen LogP contribution < -0.4 is 11.5 Å². The van der Waals surface area contributed by atoms with E-state index in [2.05, 4.69) is 6.07 Å². The molecular weight excluding hydrogens is 392 g/mol. The average molecular weight is 423 g/mol. The van der Waals surface area contributed by atoms with E-state index in [1.54, 1.807) is 0 Å². The van der Waals surface area contributed by atoms with Crippen molar-refractivity contribution in [3.8, 4) is 0 Å². The lowest BCUT2D eigenvalue weighted by atomic mass is 9.81. The fraction of sp³-hybridized carbons (Fsp3) is 0.520. The number of anilines is 2. The zero-order valence-electron chi connectivity index (χ0n) is 17.8. The van der Waals surface area contributed by atoms with Crippen LogP contribution in [0.2, 0.25) is 0 Å². The van der Waals surface area contributed by atoms with E-state index in [4.69, 9.17) is 30.4 Å². The zero-order valence-corrected chi connectivity index (χ0v) is 17.8. The lowest BCUT2D eigenvalue weighted by Crippen LogP contribution is -2.18. The van der Waals surface area contributed by atoms with Gasteiger partial charge >= 0.3 is 0 Å². The molecule has 4 fully saturated rings. The molecule has 6 rings (SSSR count). The van der Waals surface area contributed by atoms with Crippen LogP contribution in [0.15, 0.2) is 24.3 Å². The third-order valence-corrected chi connectivity index (χ3v) is 6.87. The number of rotatable bonds is 10. The van der Waals surface area contributed by atoms with E-state index in [0.29, 0.717) is 12.2 Å². The van der Waals surface area contributed by atoms with Crippen LogP contribution in [0.1, 0.15) is 33.4 Å². The predicted molar refractivity (Wildman–Crippen MR) is 118 cm³/mol. The van der Waals surface area contributed by atoms with E-state index >= 15 is 0 Å². The molecule has 0 spiro atoms. The quantitative estimate of drug-likeness (QED) is 0.450. The molecule has 4 saturated heterocycles. The SMILES string of the molecule is Nc1ccccc1Cc1c(N)c(CC2CO2)c(CC2CO2)c(CC2CO2)c1CC1CO1. The fourth-order valence-electron chi connectivity index (χ4n) is 4.77. The Morgan fingerprint density at radius 1 is 0.613 bits per heavy atom. The summed E-state index contributed by atoms with van der Waals surface area (Å²) in [6.07, 6.45) is 5.51. The topological polar surface area (TPSA) is 102 Å². The Morgan fingerprint density at radius 3 is 1.52 bits per heavy atom. The normalized spacial score (nSPS) is 27.9. The van der Waals surface area contributed by atoms with Gasteiger partial charge in [-0.3, -0.25) is 0 Å². The van der Waals surface area contributed by atoms with E-state index in [0.717, 1.165) is 75.5 Å². The Morgan fingerprint density at radius 2 is 1.03 bits per heavy atom. The molecule has 2 aromatic carbocycles. The maximum absolute atomic E-state index is 6.96. The summed E-state index contributed by atoms with van der Waals surface area (Å²) >= 11 is 0. The molecule has 0 radical (unpaired) electrons. The van der Waals surface area contributed by atoms with Crippen LogP contribution in [0.25, 0.3) is 0 Å². The Bertz CT molecular complexity index is 992. The van der Waals surface area contributed by atoms with Gasteiger partial charge in [-0.1, -0.05) is 18.2 Å². The molecule has 4 heterocycles. The third kappa shape index (κ3) is 4.44. The lowest BCUT2D eigenvalue weighted by Gasteiger charge is -2.25. The summed E-state index contributed by atoms with van der Waals surface area (Å²) in [4.78, 5) is 0. The number of epoxide rings is 4. The highest BCUT2D eigenvalue weighted by molar-refractivity contribution is 5.67. The molecule has 4 aliphatic rings. The van der Waals surface area contributed by atoms with Crippen molar-refractivity contribution in [3.05, 3.63) is 57.6 Å². The smallest absolute Gasteiger partial charge is 0.0851 e. The molecule has 4 atom stereocenters. The second-order valence-corrected chi connectivity index (χ2v) is 9.32. The summed E-state index contributed by atoms with van der Waals surface area (Å²) in [6, 6.07) is 8.09. The molecule has 31 heavy (non-hydrogen) atoms. The summed E-state index contributed by atoms with van der Waals surface area (Å²) < 4.78 is 22.6. The maximum Gasteiger partial charge on any atom is 0.0851 e. The fourth-order valence-corrected chi connectivity index (χ4v) is 4.77. The van der Waals surface area contributed by atoms with Crippen molar-refractivity contribution in [2.45, 2.75) is 56.5 Å². The largest absolute Gasteiger partial charge is 0.398 e. The first-order valence-corrected chi connectivity index (χ1v) is 11.4. The first-order valence-electron chi connectivity index (χ1n) is 11.4. The van der Waals surface area contributed by atoms with Gasteiger partial charge in [0.15, 0.2) is 0 Å². The van der Waals surface area contributed by atoms with E-state index in [1.165, 1.54) is 27.8 Å². The van der Waals surface area contributed by atoms with Crippen molar-refractivity contribution >= 4 is 11.4 Å².